The van der Waals surface area contributed by atoms with Gasteiger partial charge < -0.3 is 9.67 Å². The van der Waals surface area contributed by atoms with Crippen molar-refractivity contribution >= 4 is 44.7 Å². The van der Waals surface area contributed by atoms with Crippen molar-refractivity contribution in [3.63, 3.8) is 0 Å². The normalized spacial score (nSPS) is 12.6. The first-order valence-corrected chi connectivity index (χ1v) is 7.56. The van der Waals surface area contributed by atoms with Gasteiger partial charge in [-0.3, -0.25) is 4.79 Å². The maximum atomic E-state index is 13.7. The molecule has 1 unspecified atom stereocenters. The fourth-order valence-corrected chi connectivity index (χ4v) is 2.95. The minimum atomic E-state index is -0.924. The van der Waals surface area contributed by atoms with Gasteiger partial charge in [0.2, 0.25) is 0 Å². The predicted octanol–water partition coefficient (Wildman–Crippen LogP) is 3.86. The molecule has 1 atom stereocenters. The molecule has 0 aliphatic rings. The number of fused-ring (bicyclic) bond motifs is 1. The zero-order chi connectivity index (χ0) is 14.9. The summed E-state index contributed by atoms with van der Waals surface area (Å²) < 4.78 is 15.8. The summed E-state index contributed by atoms with van der Waals surface area (Å²) >= 11 is 4.22. The Kier molecular flexibility index (Phi) is 4.49. The lowest BCUT2D eigenvalue weighted by Crippen LogP contribution is -2.06. The number of halogens is 2. The molecule has 0 bridgehead atoms. The molecule has 0 fully saturated rings. The van der Waals surface area contributed by atoms with Crippen LogP contribution in [0, 0.1) is 5.82 Å². The smallest absolute Gasteiger partial charge is 0.313 e. The summed E-state index contributed by atoms with van der Waals surface area (Å²) in [6.07, 6.45) is 1.70. The number of nitrogens with zero attached hydrogens (tertiary/aromatic N) is 2. The van der Waals surface area contributed by atoms with Gasteiger partial charge in [0.15, 0.2) is 5.16 Å². The first-order valence-electron chi connectivity index (χ1n) is 5.78. The van der Waals surface area contributed by atoms with Gasteiger partial charge in [-0.25, -0.2) is 9.37 Å². The molecule has 7 heteroatoms. The number of carbonyl (C=O) groups is 1. The minimum absolute atomic E-state index is 0.100. The van der Waals surface area contributed by atoms with E-state index in [1.165, 1.54) is 6.07 Å². The van der Waals surface area contributed by atoms with E-state index < -0.39 is 5.97 Å². The Morgan fingerprint density at radius 3 is 3.00 bits per heavy atom. The molecule has 0 amide bonds. The van der Waals surface area contributed by atoms with Gasteiger partial charge in [0.05, 0.1) is 27.3 Å². The average Bonchev–Trinajstić information content (AvgIpc) is 2.73. The molecule has 0 saturated heterocycles. The van der Waals surface area contributed by atoms with Gasteiger partial charge in [0.1, 0.15) is 5.82 Å². The molecule has 0 saturated carbocycles. The minimum Gasteiger partial charge on any atom is -0.481 e. The highest BCUT2D eigenvalue weighted by molar-refractivity contribution is 9.10. The van der Waals surface area contributed by atoms with Crippen molar-refractivity contribution in [1.29, 1.82) is 0 Å². The summed E-state index contributed by atoms with van der Waals surface area (Å²) in [5, 5.41) is 9.31. The summed E-state index contributed by atoms with van der Waals surface area (Å²) in [6.45, 7) is 5.61. The molecular formula is C13H12BrFN2O2S. The van der Waals surface area contributed by atoms with Crippen LogP contribution in [-0.2, 0) is 4.79 Å². The summed E-state index contributed by atoms with van der Waals surface area (Å²) in [5.74, 6) is -1.41. The van der Waals surface area contributed by atoms with Crippen LogP contribution in [-0.4, -0.2) is 26.4 Å². The monoisotopic (exact) mass is 358 g/mol. The largest absolute Gasteiger partial charge is 0.481 e. The third kappa shape index (κ3) is 2.88. The highest BCUT2D eigenvalue weighted by Gasteiger charge is 2.17. The number of thioether (sulfide) groups is 1. The molecule has 0 radical (unpaired) electrons. The number of carboxylic acid groups (broad SMARTS) is 1. The van der Waals surface area contributed by atoms with Crippen molar-refractivity contribution in [3.05, 3.63) is 35.1 Å². The summed E-state index contributed by atoms with van der Waals surface area (Å²) in [4.78, 5) is 15.1. The Morgan fingerprint density at radius 2 is 2.40 bits per heavy atom. The molecule has 1 N–H and O–H groups in total. The molecule has 4 nitrogen and oxygen atoms in total. The van der Waals surface area contributed by atoms with Crippen molar-refractivity contribution in [2.24, 2.45) is 0 Å². The zero-order valence-corrected chi connectivity index (χ0v) is 13.0. The third-order valence-electron chi connectivity index (χ3n) is 2.77. The van der Waals surface area contributed by atoms with Crippen LogP contribution in [0.4, 0.5) is 4.39 Å². The number of allylic oxidation sites excluding steroid dienone is 1. The van der Waals surface area contributed by atoms with E-state index >= 15 is 0 Å². The van der Waals surface area contributed by atoms with Crippen LogP contribution in [0.25, 0.3) is 11.0 Å². The fourth-order valence-electron chi connectivity index (χ4n) is 1.80. The van der Waals surface area contributed by atoms with Crippen molar-refractivity contribution in [1.82, 2.24) is 9.55 Å². The SMILES string of the molecule is C=CC(C)n1c(SCC(=O)O)nc2cc(Br)c(F)cc21. The van der Waals surface area contributed by atoms with E-state index in [-0.39, 0.29) is 17.6 Å². The number of hydrogen-bond donors (Lipinski definition) is 1. The van der Waals surface area contributed by atoms with Crippen molar-refractivity contribution < 1.29 is 14.3 Å². The summed E-state index contributed by atoms with van der Waals surface area (Å²) in [6, 6.07) is 2.86. The lowest BCUT2D eigenvalue weighted by atomic mass is 10.2. The van der Waals surface area contributed by atoms with E-state index in [0.717, 1.165) is 11.8 Å². The maximum absolute atomic E-state index is 13.7. The second-order valence-corrected chi connectivity index (χ2v) is 5.97. The molecule has 0 spiro atoms. The number of imidazole rings is 1. The molecule has 0 aliphatic carbocycles. The van der Waals surface area contributed by atoms with E-state index in [9.17, 15) is 9.18 Å². The Bertz CT molecular complexity index is 687. The molecule has 2 rings (SSSR count). The van der Waals surface area contributed by atoms with E-state index in [0.29, 0.717) is 20.7 Å². The van der Waals surface area contributed by atoms with E-state index in [1.807, 2.05) is 6.92 Å². The van der Waals surface area contributed by atoms with Crippen molar-refractivity contribution in [2.45, 2.75) is 18.1 Å². The van der Waals surface area contributed by atoms with Crippen LogP contribution in [0.1, 0.15) is 13.0 Å². The van der Waals surface area contributed by atoms with Gasteiger partial charge in [-0.2, -0.15) is 0 Å². The third-order valence-corrected chi connectivity index (χ3v) is 4.32. The Labute approximate surface area is 127 Å². The molecule has 1 heterocycles. The number of aromatic nitrogens is 2. The van der Waals surface area contributed by atoms with Crippen LogP contribution in [0.5, 0.6) is 0 Å². The van der Waals surface area contributed by atoms with Crippen LogP contribution < -0.4 is 0 Å². The zero-order valence-electron chi connectivity index (χ0n) is 10.6. The molecule has 1 aromatic heterocycles. The average molecular weight is 359 g/mol. The van der Waals surface area contributed by atoms with Crippen molar-refractivity contribution in [3.8, 4) is 0 Å². The number of rotatable bonds is 5. The first-order chi connectivity index (χ1) is 9.43. The lowest BCUT2D eigenvalue weighted by Gasteiger charge is -2.13. The Morgan fingerprint density at radius 1 is 1.70 bits per heavy atom. The molecule has 2 aromatic rings. The second kappa shape index (κ2) is 5.97. The van der Waals surface area contributed by atoms with Gasteiger partial charge in [-0.15, -0.1) is 6.58 Å². The fraction of sp³-hybridized carbons (Fsp3) is 0.231. The van der Waals surface area contributed by atoms with E-state index in [1.54, 1.807) is 16.7 Å². The van der Waals surface area contributed by atoms with Crippen molar-refractivity contribution in [2.75, 3.05) is 5.75 Å². The Hall–Kier alpha value is -1.34. The predicted molar refractivity (Wildman–Crippen MR) is 80.7 cm³/mol. The van der Waals surface area contributed by atoms with Crippen LogP contribution in [0.3, 0.4) is 0 Å². The van der Waals surface area contributed by atoms with Gasteiger partial charge >= 0.3 is 5.97 Å². The standard InChI is InChI=1S/C13H12BrFN2O2S/c1-3-7(2)17-11-5-9(15)8(14)4-10(11)16-13(17)20-6-12(18)19/h3-5,7H,1,6H2,2H3,(H,18,19). The van der Waals surface area contributed by atoms with Crippen LogP contribution in [0.2, 0.25) is 0 Å². The molecule has 20 heavy (non-hydrogen) atoms. The quantitative estimate of drug-likeness (QED) is 0.651. The van der Waals surface area contributed by atoms with Crippen LogP contribution in [0.15, 0.2) is 34.4 Å². The number of carboxylic acids is 1. The number of aliphatic carboxylic acids is 1. The second-order valence-electron chi connectivity index (χ2n) is 4.18. The molecule has 0 aliphatic heterocycles. The Balaban J connectivity index is 2.60. The number of benzene rings is 1. The van der Waals surface area contributed by atoms with Gasteiger partial charge in [-0.1, -0.05) is 17.8 Å². The van der Waals surface area contributed by atoms with Gasteiger partial charge in [0, 0.05) is 6.07 Å². The van der Waals surface area contributed by atoms with Gasteiger partial charge in [0.25, 0.3) is 0 Å². The van der Waals surface area contributed by atoms with E-state index in [4.69, 9.17) is 5.11 Å². The summed E-state index contributed by atoms with van der Waals surface area (Å²) in [7, 11) is 0. The van der Waals surface area contributed by atoms with E-state index in [2.05, 4.69) is 27.5 Å². The molecular weight excluding hydrogens is 347 g/mol. The molecule has 106 valence electrons. The number of hydrogen-bond acceptors (Lipinski definition) is 3. The highest BCUT2D eigenvalue weighted by Crippen LogP contribution is 2.31. The highest BCUT2D eigenvalue weighted by atomic mass is 79.9. The molecule has 1 aromatic carbocycles. The topological polar surface area (TPSA) is 55.1 Å². The lowest BCUT2D eigenvalue weighted by molar-refractivity contribution is -0.133. The maximum Gasteiger partial charge on any atom is 0.313 e. The summed E-state index contributed by atoms with van der Waals surface area (Å²) in [5.41, 5.74) is 1.23. The van der Waals surface area contributed by atoms with Gasteiger partial charge in [-0.05, 0) is 28.9 Å². The first kappa shape index (κ1) is 15.1. The van der Waals surface area contributed by atoms with Crippen LogP contribution >= 0.6 is 27.7 Å².